The molecule has 1 aromatic carbocycles. The molecule has 2 aromatic rings. The van der Waals surface area contributed by atoms with Gasteiger partial charge in [-0.2, -0.15) is 0 Å². The van der Waals surface area contributed by atoms with Crippen molar-refractivity contribution in [1.29, 1.82) is 0 Å². The van der Waals surface area contributed by atoms with Crippen molar-refractivity contribution in [3.05, 3.63) is 75.0 Å². The molecule has 2 aliphatic rings. The Morgan fingerprint density at radius 1 is 1.21 bits per heavy atom. The molecule has 150 valence electrons. The lowest BCUT2D eigenvalue weighted by Crippen LogP contribution is -2.50. The monoisotopic (exact) mass is 417 g/mol. The van der Waals surface area contributed by atoms with Crippen molar-refractivity contribution < 1.29 is 17.5 Å². The molecule has 2 aliphatic heterocycles. The molecule has 0 radical (unpaired) electrons. The van der Waals surface area contributed by atoms with E-state index in [1.54, 1.807) is 44.2 Å². The zero-order chi connectivity index (χ0) is 20.9. The SMILES string of the molecule is Cc1ccc(Cl)c(C=Cc2cc(C)c3n2[B-](F)(F)[N+]2=CC=CC2=C3CCN)c1F. The second-order valence-corrected chi connectivity index (χ2v) is 7.71. The summed E-state index contributed by atoms with van der Waals surface area (Å²) in [6, 6.07) is 4.86. The minimum atomic E-state index is -4.10. The lowest BCUT2D eigenvalue weighted by atomic mass is 9.86. The molecule has 3 heterocycles. The standard InChI is InChI=1S/C21H20BClF3N3/c1-13-5-8-18(23)16(20(13)24)7-6-15-12-14(2)21-17(9-10-27)19-4-3-11-28(19)22(25,26)29(15)21/h3-8,11-12H,9-10,27H2,1-2H3. The summed E-state index contributed by atoms with van der Waals surface area (Å²) in [5.74, 6) is -0.462. The van der Waals surface area contributed by atoms with Crippen LogP contribution in [0.4, 0.5) is 13.0 Å². The van der Waals surface area contributed by atoms with E-state index in [0.717, 1.165) is 20.1 Å². The number of nitrogens with two attached hydrogens (primary N) is 1. The van der Waals surface area contributed by atoms with Crippen LogP contribution in [0.3, 0.4) is 0 Å². The Balaban J connectivity index is 1.90. The molecular weight excluding hydrogens is 398 g/mol. The molecular formula is C21H20BClF3N3. The van der Waals surface area contributed by atoms with Crippen LogP contribution in [0.1, 0.15) is 34.5 Å². The summed E-state index contributed by atoms with van der Waals surface area (Å²) in [7, 11) is 0. The predicted octanol–water partition coefficient (Wildman–Crippen LogP) is 5.02. The van der Waals surface area contributed by atoms with Crippen molar-refractivity contribution >= 4 is 42.5 Å². The second-order valence-electron chi connectivity index (χ2n) is 7.30. The molecule has 29 heavy (non-hydrogen) atoms. The Morgan fingerprint density at radius 3 is 2.69 bits per heavy atom. The first-order valence-electron chi connectivity index (χ1n) is 9.38. The first kappa shape index (κ1) is 19.8. The number of aromatic nitrogens is 1. The van der Waals surface area contributed by atoms with E-state index in [-0.39, 0.29) is 16.3 Å². The van der Waals surface area contributed by atoms with Gasteiger partial charge in [0.1, 0.15) is 12.0 Å². The third kappa shape index (κ3) is 3.00. The van der Waals surface area contributed by atoms with Crippen LogP contribution in [-0.4, -0.2) is 28.7 Å². The quantitative estimate of drug-likeness (QED) is 0.697. The Bertz CT molecular complexity index is 1140. The second kappa shape index (κ2) is 7.08. The van der Waals surface area contributed by atoms with Crippen LogP contribution in [-0.2, 0) is 0 Å². The van der Waals surface area contributed by atoms with Crippen molar-refractivity contribution in [2.24, 2.45) is 5.73 Å². The summed E-state index contributed by atoms with van der Waals surface area (Å²) in [5.41, 5.74) is 9.12. The maximum absolute atomic E-state index is 15.5. The predicted molar refractivity (Wildman–Crippen MR) is 114 cm³/mol. The van der Waals surface area contributed by atoms with E-state index in [9.17, 15) is 4.39 Å². The smallest absolute Gasteiger partial charge is 0.390 e. The molecule has 0 saturated carbocycles. The summed E-state index contributed by atoms with van der Waals surface area (Å²) >= 11 is 6.12. The summed E-state index contributed by atoms with van der Waals surface area (Å²) < 4.78 is 47.5. The number of fused-ring (bicyclic) bond motifs is 2. The highest BCUT2D eigenvalue weighted by Gasteiger charge is 2.52. The van der Waals surface area contributed by atoms with Gasteiger partial charge in [-0.1, -0.05) is 17.7 Å². The number of benzene rings is 1. The highest BCUT2D eigenvalue weighted by molar-refractivity contribution is 6.58. The zero-order valence-electron chi connectivity index (χ0n) is 16.1. The molecule has 4 rings (SSSR count). The van der Waals surface area contributed by atoms with Crippen LogP contribution in [0.15, 0.2) is 36.0 Å². The van der Waals surface area contributed by atoms with E-state index < -0.39 is 12.8 Å². The van der Waals surface area contributed by atoms with Crippen molar-refractivity contribution in [3.8, 4) is 0 Å². The van der Waals surface area contributed by atoms with Gasteiger partial charge in [0.2, 0.25) is 0 Å². The Hall–Kier alpha value is -2.51. The van der Waals surface area contributed by atoms with Crippen LogP contribution in [0.5, 0.6) is 0 Å². The van der Waals surface area contributed by atoms with E-state index in [1.807, 2.05) is 0 Å². The topological polar surface area (TPSA) is 34.0 Å². The molecule has 0 unspecified atom stereocenters. The van der Waals surface area contributed by atoms with Gasteiger partial charge in [0.05, 0.1) is 5.02 Å². The highest BCUT2D eigenvalue weighted by Crippen LogP contribution is 2.40. The number of nitrogens with zero attached hydrogens (tertiary/aromatic N) is 2. The van der Waals surface area contributed by atoms with Crippen LogP contribution < -0.4 is 5.73 Å². The van der Waals surface area contributed by atoms with Crippen LogP contribution in [0, 0.1) is 19.7 Å². The molecule has 2 N–H and O–H groups in total. The normalized spacial score (nSPS) is 17.1. The van der Waals surface area contributed by atoms with Gasteiger partial charge in [-0.25, -0.2) is 4.39 Å². The average molecular weight is 418 g/mol. The van der Waals surface area contributed by atoms with Crippen molar-refractivity contribution in [2.75, 3.05) is 6.54 Å². The van der Waals surface area contributed by atoms with Crippen LogP contribution in [0.2, 0.25) is 5.02 Å². The largest absolute Gasteiger partial charge is 0.737 e. The maximum atomic E-state index is 15.5. The molecule has 0 bridgehead atoms. The minimum absolute atomic E-state index is 0.180. The molecule has 0 spiro atoms. The van der Waals surface area contributed by atoms with E-state index in [1.165, 1.54) is 18.4 Å². The Labute approximate surface area is 172 Å². The molecule has 8 heteroatoms. The van der Waals surface area contributed by atoms with Gasteiger partial charge in [-0.15, -0.1) is 0 Å². The fourth-order valence-corrected chi connectivity index (χ4v) is 4.29. The van der Waals surface area contributed by atoms with Crippen molar-refractivity contribution in [1.82, 2.24) is 4.48 Å². The molecule has 1 aromatic heterocycles. The first-order valence-corrected chi connectivity index (χ1v) is 9.75. The fourth-order valence-electron chi connectivity index (χ4n) is 4.08. The number of hydrogen-bond donors (Lipinski definition) is 1. The number of rotatable bonds is 4. The Kier molecular flexibility index (Phi) is 4.83. The lowest BCUT2D eigenvalue weighted by molar-refractivity contribution is -0.356. The number of allylic oxidation sites excluding steroid dienone is 2. The summed E-state index contributed by atoms with van der Waals surface area (Å²) in [6.07, 6.45) is 8.10. The summed E-state index contributed by atoms with van der Waals surface area (Å²) in [6.45, 7) is -0.324. The summed E-state index contributed by atoms with van der Waals surface area (Å²) in [4.78, 5) is 0. The Morgan fingerprint density at radius 2 is 1.97 bits per heavy atom. The third-order valence-electron chi connectivity index (χ3n) is 5.41. The van der Waals surface area contributed by atoms with Gasteiger partial charge in [0, 0.05) is 34.7 Å². The fraction of sp³-hybridized carbons (Fsp3) is 0.190. The minimum Gasteiger partial charge on any atom is -0.390 e. The molecule has 0 amide bonds. The van der Waals surface area contributed by atoms with E-state index in [4.69, 9.17) is 17.3 Å². The van der Waals surface area contributed by atoms with Crippen molar-refractivity contribution in [3.63, 3.8) is 0 Å². The zero-order valence-corrected chi connectivity index (χ0v) is 16.8. The lowest BCUT2D eigenvalue weighted by Gasteiger charge is -2.32. The van der Waals surface area contributed by atoms with Gasteiger partial charge >= 0.3 is 6.97 Å². The van der Waals surface area contributed by atoms with Gasteiger partial charge in [-0.3, -0.25) is 0 Å². The van der Waals surface area contributed by atoms with Gasteiger partial charge in [0.25, 0.3) is 0 Å². The molecule has 0 aliphatic carbocycles. The molecule has 0 saturated heterocycles. The third-order valence-corrected chi connectivity index (χ3v) is 5.74. The summed E-state index contributed by atoms with van der Waals surface area (Å²) in [5, 5.41) is 0.229. The highest BCUT2D eigenvalue weighted by atomic mass is 35.5. The molecule has 0 fully saturated rings. The molecule has 3 nitrogen and oxygen atoms in total. The maximum Gasteiger partial charge on any atom is 0.737 e. The van der Waals surface area contributed by atoms with Gasteiger partial charge in [-0.05, 0) is 62.2 Å². The van der Waals surface area contributed by atoms with Crippen LogP contribution >= 0.6 is 11.6 Å². The van der Waals surface area contributed by atoms with E-state index in [2.05, 4.69) is 0 Å². The van der Waals surface area contributed by atoms with E-state index in [0.29, 0.717) is 29.9 Å². The van der Waals surface area contributed by atoms with Gasteiger partial charge < -0.3 is 23.3 Å². The average Bonchev–Trinajstić information content (AvgIpc) is 3.28. The number of aryl methyl sites for hydroxylation is 2. The van der Waals surface area contributed by atoms with Crippen LogP contribution in [0.25, 0.3) is 17.7 Å². The molecule has 0 atom stereocenters. The van der Waals surface area contributed by atoms with Gasteiger partial charge in [0.15, 0.2) is 5.70 Å². The van der Waals surface area contributed by atoms with Crippen molar-refractivity contribution in [2.45, 2.75) is 20.3 Å². The first-order chi connectivity index (χ1) is 13.8. The number of halogens is 4. The van der Waals surface area contributed by atoms with E-state index >= 15 is 8.63 Å². The number of hydrogen-bond acceptors (Lipinski definition) is 1.